The number of rotatable bonds is 3. The van der Waals surface area contributed by atoms with Gasteiger partial charge in [-0.25, -0.2) is 12.9 Å². The summed E-state index contributed by atoms with van der Waals surface area (Å²) in [5, 5.41) is 0. The highest BCUT2D eigenvalue weighted by Gasteiger charge is 2.25. The second kappa shape index (κ2) is 6.78. The normalized spacial score (nSPS) is 18.3. The summed E-state index contributed by atoms with van der Waals surface area (Å²) in [4.78, 5) is 0.661. The van der Waals surface area contributed by atoms with E-state index in [-0.39, 0.29) is 5.82 Å². The van der Waals surface area contributed by atoms with Crippen molar-refractivity contribution in [3.63, 3.8) is 0 Å². The van der Waals surface area contributed by atoms with Crippen LogP contribution in [0.2, 0.25) is 0 Å². The Balaban J connectivity index is 2.10. The lowest BCUT2D eigenvalue weighted by Crippen LogP contribution is -2.40. The Morgan fingerprint density at radius 1 is 1.04 bits per heavy atom. The average Bonchev–Trinajstić information content (AvgIpc) is 2.58. The molecule has 2 aromatic carbocycles. The van der Waals surface area contributed by atoms with Crippen LogP contribution >= 0.6 is 0 Å². The van der Waals surface area contributed by atoms with E-state index in [2.05, 4.69) is 4.36 Å². The number of aryl methyl sites for hydroxylation is 1. The lowest BCUT2D eigenvalue weighted by atomic mass is 10.2. The summed E-state index contributed by atoms with van der Waals surface area (Å²) in [6.07, 6.45) is 0. The second-order valence-corrected chi connectivity index (χ2v) is 7.58. The summed E-state index contributed by atoms with van der Waals surface area (Å²) in [6, 6.07) is 13.3. The summed E-state index contributed by atoms with van der Waals surface area (Å²) in [6.45, 7) is 4.15. The van der Waals surface area contributed by atoms with Crippen LogP contribution in [0.25, 0.3) is 0 Å². The van der Waals surface area contributed by atoms with Crippen LogP contribution in [-0.4, -0.2) is 34.8 Å². The predicted molar refractivity (Wildman–Crippen MR) is 88.5 cm³/mol. The maximum absolute atomic E-state index is 13.7. The Morgan fingerprint density at radius 3 is 2.26 bits per heavy atom. The third-order valence-electron chi connectivity index (χ3n) is 3.70. The van der Waals surface area contributed by atoms with Crippen LogP contribution in [0, 0.1) is 12.7 Å². The first-order chi connectivity index (χ1) is 11.1. The number of morpholine rings is 1. The molecular weight excluding hydrogens is 315 g/mol. The van der Waals surface area contributed by atoms with Gasteiger partial charge in [0.1, 0.15) is 15.7 Å². The number of hydrogen-bond acceptors (Lipinski definition) is 3. The number of ether oxygens (including phenoxy) is 1. The summed E-state index contributed by atoms with van der Waals surface area (Å²) >= 11 is 0. The minimum Gasteiger partial charge on any atom is -0.379 e. The summed E-state index contributed by atoms with van der Waals surface area (Å²) in [5.74, 6) is -0.336. The molecule has 4 nitrogen and oxygen atoms in total. The molecular formula is C17H19FN2O2S. The molecule has 1 unspecified atom stereocenters. The summed E-state index contributed by atoms with van der Waals surface area (Å²) in [5.41, 5.74) is 1.60. The molecule has 0 bridgehead atoms. The first-order valence-corrected chi connectivity index (χ1v) is 8.97. The monoisotopic (exact) mass is 334 g/mol. The standard InChI is InChI=1S/C17H19FN2O2S/c1-14-2-8-17(9-3-14)23(21,20-10-12-22-13-11-20)19-16-6-4-15(18)5-7-16/h2-9H,10-13H2,1H3. The fourth-order valence-corrected chi connectivity index (χ4v) is 4.48. The minimum atomic E-state index is -2.80. The van der Waals surface area contributed by atoms with Crippen LogP contribution in [-0.2, 0) is 14.7 Å². The molecule has 1 saturated heterocycles. The number of nitrogens with zero attached hydrogens (tertiary/aromatic N) is 2. The van der Waals surface area contributed by atoms with Crippen molar-refractivity contribution in [3.8, 4) is 0 Å². The average molecular weight is 334 g/mol. The highest BCUT2D eigenvalue weighted by Crippen LogP contribution is 2.25. The maximum Gasteiger partial charge on any atom is 0.144 e. The van der Waals surface area contributed by atoms with Gasteiger partial charge in [0.2, 0.25) is 0 Å². The van der Waals surface area contributed by atoms with E-state index in [1.54, 1.807) is 12.1 Å². The number of halogens is 1. The molecule has 6 heteroatoms. The molecule has 1 atom stereocenters. The van der Waals surface area contributed by atoms with Gasteiger partial charge in [-0.15, -0.1) is 0 Å². The van der Waals surface area contributed by atoms with Crippen molar-refractivity contribution in [3.05, 3.63) is 59.9 Å². The zero-order valence-electron chi connectivity index (χ0n) is 12.9. The molecule has 23 heavy (non-hydrogen) atoms. The molecule has 0 radical (unpaired) electrons. The van der Waals surface area contributed by atoms with Gasteiger partial charge in [-0.2, -0.15) is 4.36 Å². The third-order valence-corrected chi connectivity index (χ3v) is 6.11. The molecule has 0 amide bonds. The Morgan fingerprint density at radius 2 is 1.65 bits per heavy atom. The van der Waals surface area contributed by atoms with E-state index in [0.29, 0.717) is 36.9 Å². The first-order valence-electron chi connectivity index (χ1n) is 7.50. The quantitative estimate of drug-likeness (QED) is 0.861. The number of benzene rings is 2. The molecule has 0 aromatic heterocycles. The maximum atomic E-state index is 13.7. The van der Waals surface area contributed by atoms with Gasteiger partial charge in [0.25, 0.3) is 0 Å². The highest BCUT2D eigenvalue weighted by molar-refractivity contribution is 7.91. The molecule has 3 rings (SSSR count). The van der Waals surface area contributed by atoms with E-state index in [0.717, 1.165) is 5.56 Å². The van der Waals surface area contributed by atoms with E-state index in [1.165, 1.54) is 12.1 Å². The van der Waals surface area contributed by atoms with E-state index >= 15 is 0 Å². The first kappa shape index (κ1) is 16.1. The van der Waals surface area contributed by atoms with Gasteiger partial charge in [0, 0.05) is 13.1 Å². The fourth-order valence-electron chi connectivity index (χ4n) is 2.41. The third kappa shape index (κ3) is 3.60. The van der Waals surface area contributed by atoms with Crippen LogP contribution < -0.4 is 0 Å². The van der Waals surface area contributed by atoms with Crippen molar-refractivity contribution in [1.29, 1.82) is 0 Å². The van der Waals surface area contributed by atoms with Crippen LogP contribution in [0.5, 0.6) is 0 Å². The van der Waals surface area contributed by atoms with E-state index in [4.69, 9.17) is 4.74 Å². The van der Waals surface area contributed by atoms with Crippen molar-refractivity contribution in [2.24, 2.45) is 4.36 Å². The van der Waals surface area contributed by atoms with Crippen molar-refractivity contribution < 1.29 is 13.3 Å². The van der Waals surface area contributed by atoms with Crippen molar-refractivity contribution in [2.45, 2.75) is 11.8 Å². The van der Waals surface area contributed by atoms with Crippen LogP contribution in [0.3, 0.4) is 0 Å². The zero-order chi connectivity index (χ0) is 16.3. The van der Waals surface area contributed by atoms with Crippen molar-refractivity contribution >= 4 is 15.6 Å². The molecule has 0 saturated carbocycles. The van der Waals surface area contributed by atoms with E-state index < -0.39 is 9.92 Å². The molecule has 1 heterocycles. The van der Waals surface area contributed by atoms with Crippen molar-refractivity contribution in [2.75, 3.05) is 26.3 Å². The Kier molecular flexibility index (Phi) is 4.75. The Bertz CT molecular complexity index is 775. The molecule has 2 aromatic rings. The van der Waals surface area contributed by atoms with Gasteiger partial charge in [0.15, 0.2) is 0 Å². The Labute approximate surface area is 136 Å². The SMILES string of the molecule is Cc1ccc(S(=O)(=Nc2ccc(F)cc2)N2CCOCC2)cc1. The van der Waals surface area contributed by atoms with Gasteiger partial charge in [-0.05, 0) is 43.3 Å². The molecule has 1 aliphatic rings. The van der Waals surface area contributed by atoms with Gasteiger partial charge >= 0.3 is 0 Å². The highest BCUT2D eigenvalue weighted by atomic mass is 32.2. The molecule has 122 valence electrons. The molecule has 0 N–H and O–H groups in total. The smallest absolute Gasteiger partial charge is 0.144 e. The largest absolute Gasteiger partial charge is 0.379 e. The van der Waals surface area contributed by atoms with Crippen LogP contribution in [0.4, 0.5) is 10.1 Å². The lowest BCUT2D eigenvalue weighted by Gasteiger charge is -2.29. The molecule has 1 fully saturated rings. The van der Waals surface area contributed by atoms with Crippen molar-refractivity contribution in [1.82, 2.24) is 4.31 Å². The summed E-state index contributed by atoms with van der Waals surface area (Å²) in [7, 11) is -2.80. The van der Waals surface area contributed by atoms with E-state index in [9.17, 15) is 8.60 Å². The van der Waals surface area contributed by atoms with Crippen LogP contribution in [0.1, 0.15) is 5.56 Å². The molecule has 1 aliphatic heterocycles. The lowest BCUT2D eigenvalue weighted by molar-refractivity contribution is 0.0745. The van der Waals surface area contributed by atoms with E-state index in [1.807, 2.05) is 35.5 Å². The molecule has 0 spiro atoms. The number of hydrogen-bond donors (Lipinski definition) is 0. The van der Waals surface area contributed by atoms with Gasteiger partial charge in [-0.3, -0.25) is 0 Å². The molecule has 0 aliphatic carbocycles. The Hall–Kier alpha value is -1.76. The van der Waals surface area contributed by atoms with Crippen LogP contribution in [0.15, 0.2) is 57.8 Å². The predicted octanol–water partition coefficient (Wildman–Crippen LogP) is 3.54. The second-order valence-electron chi connectivity index (χ2n) is 5.42. The van der Waals surface area contributed by atoms with Gasteiger partial charge < -0.3 is 4.74 Å². The minimum absolute atomic E-state index is 0.336. The fraction of sp³-hybridized carbons (Fsp3) is 0.294. The van der Waals surface area contributed by atoms with Gasteiger partial charge in [0.05, 0.1) is 23.8 Å². The summed E-state index contributed by atoms with van der Waals surface area (Å²) < 4.78 is 38.5. The zero-order valence-corrected chi connectivity index (χ0v) is 13.8. The topological polar surface area (TPSA) is 41.9 Å². The van der Waals surface area contributed by atoms with Gasteiger partial charge in [-0.1, -0.05) is 17.7 Å².